The number of pyridine rings is 1. The maximum atomic E-state index is 4.40. The van der Waals surface area contributed by atoms with Crippen molar-refractivity contribution in [2.24, 2.45) is 0 Å². The van der Waals surface area contributed by atoms with Gasteiger partial charge in [-0.3, -0.25) is 4.98 Å². The molecule has 1 aromatic carbocycles. The fourth-order valence-corrected chi connectivity index (χ4v) is 2.29. The topological polar surface area (TPSA) is 28.2 Å². The van der Waals surface area contributed by atoms with Gasteiger partial charge in [0.1, 0.15) is 0 Å². The molecule has 0 fully saturated rings. The number of benzene rings is 1. The molecule has 2 rings (SSSR count). The van der Waals surface area contributed by atoms with Crippen LogP contribution in [0.25, 0.3) is 11.1 Å². The minimum atomic E-state index is 0.309. The van der Waals surface area contributed by atoms with Crippen molar-refractivity contribution < 1.29 is 0 Å². The molecule has 0 aliphatic heterocycles. The molecule has 20 heavy (non-hydrogen) atoms. The summed E-state index contributed by atoms with van der Waals surface area (Å²) in [5.41, 5.74) is 4.99. The van der Waals surface area contributed by atoms with Gasteiger partial charge in [0, 0.05) is 30.5 Å². The van der Waals surface area contributed by atoms with Gasteiger partial charge in [0.25, 0.3) is 0 Å². The van der Waals surface area contributed by atoms with Crippen LogP contribution in [-0.2, 0) is 6.54 Å². The van der Waals surface area contributed by atoms with E-state index >= 15 is 0 Å². The molecular weight excluding hydrogens is 246 g/mol. The van der Waals surface area contributed by atoms with Gasteiger partial charge in [-0.05, 0) is 50.8 Å². The maximum Gasteiger partial charge on any atom is 0.0346 e. The molecule has 2 aromatic rings. The summed E-state index contributed by atoms with van der Waals surface area (Å²) >= 11 is 0. The molecular formula is C17H23N3. The second-order valence-corrected chi connectivity index (χ2v) is 5.41. The Morgan fingerprint density at radius 3 is 2.65 bits per heavy atom. The van der Waals surface area contributed by atoms with E-state index in [1.54, 1.807) is 0 Å². The van der Waals surface area contributed by atoms with Crippen molar-refractivity contribution in [2.45, 2.75) is 19.5 Å². The smallest absolute Gasteiger partial charge is 0.0346 e. The van der Waals surface area contributed by atoms with E-state index in [2.05, 4.69) is 66.6 Å². The van der Waals surface area contributed by atoms with E-state index < -0.39 is 0 Å². The van der Waals surface area contributed by atoms with Gasteiger partial charge in [0.15, 0.2) is 0 Å². The highest BCUT2D eigenvalue weighted by molar-refractivity contribution is 5.67. The Bertz CT molecular complexity index is 564. The molecule has 0 bridgehead atoms. The Kier molecular flexibility index (Phi) is 4.88. The van der Waals surface area contributed by atoms with Gasteiger partial charge in [-0.2, -0.15) is 0 Å². The van der Waals surface area contributed by atoms with Crippen LogP contribution in [0.2, 0.25) is 0 Å². The molecule has 0 saturated heterocycles. The summed E-state index contributed by atoms with van der Waals surface area (Å²) in [4.78, 5) is 6.58. The fourth-order valence-electron chi connectivity index (χ4n) is 2.29. The summed E-state index contributed by atoms with van der Waals surface area (Å²) in [6.45, 7) is 3.08. The fraction of sp³-hybridized carbons (Fsp3) is 0.353. The highest BCUT2D eigenvalue weighted by atomic mass is 15.0. The molecule has 3 heteroatoms. The molecule has 1 heterocycles. The lowest BCUT2D eigenvalue weighted by Crippen LogP contribution is -2.13. The van der Waals surface area contributed by atoms with Crippen LogP contribution in [0, 0.1) is 0 Å². The van der Waals surface area contributed by atoms with Gasteiger partial charge >= 0.3 is 0 Å². The van der Waals surface area contributed by atoms with Gasteiger partial charge in [-0.1, -0.05) is 24.3 Å². The first-order chi connectivity index (χ1) is 9.61. The van der Waals surface area contributed by atoms with Crippen LogP contribution in [-0.4, -0.2) is 31.0 Å². The molecule has 0 amide bonds. The van der Waals surface area contributed by atoms with E-state index in [9.17, 15) is 0 Å². The molecule has 3 nitrogen and oxygen atoms in total. The Labute approximate surface area is 121 Å². The van der Waals surface area contributed by atoms with Gasteiger partial charge in [-0.25, -0.2) is 0 Å². The van der Waals surface area contributed by atoms with Crippen LogP contribution in [0.4, 0.5) is 0 Å². The molecule has 0 spiro atoms. The first kappa shape index (κ1) is 14.7. The molecule has 0 aliphatic rings. The lowest BCUT2D eigenvalue weighted by molar-refractivity contribution is 0.403. The Morgan fingerprint density at radius 2 is 1.95 bits per heavy atom. The minimum absolute atomic E-state index is 0.309. The molecule has 1 atom stereocenters. The largest absolute Gasteiger partial charge is 0.313 e. The summed E-state index contributed by atoms with van der Waals surface area (Å²) in [5, 5.41) is 3.26. The molecule has 0 aliphatic carbocycles. The van der Waals surface area contributed by atoms with E-state index in [4.69, 9.17) is 0 Å². The van der Waals surface area contributed by atoms with Gasteiger partial charge in [-0.15, -0.1) is 0 Å². The van der Waals surface area contributed by atoms with Crippen LogP contribution in [0.1, 0.15) is 24.1 Å². The van der Waals surface area contributed by atoms with E-state index in [-0.39, 0.29) is 0 Å². The quantitative estimate of drug-likeness (QED) is 0.904. The third-order valence-corrected chi connectivity index (χ3v) is 3.51. The predicted octanol–water partition coefficient (Wildman–Crippen LogP) is 3.09. The number of aromatic nitrogens is 1. The summed E-state index contributed by atoms with van der Waals surface area (Å²) in [7, 11) is 6.15. The van der Waals surface area contributed by atoms with Crippen molar-refractivity contribution in [3.8, 4) is 11.1 Å². The average Bonchev–Trinajstić information content (AvgIpc) is 2.46. The Balaban J connectivity index is 2.41. The van der Waals surface area contributed by atoms with Crippen LogP contribution in [0.3, 0.4) is 0 Å². The molecule has 0 radical (unpaired) electrons. The van der Waals surface area contributed by atoms with E-state index in [0.717, 1.165) is 6.54 Å². The SMILES string of the molecule is CNC(C)c1cncc(-c2ccccc2CN(C)C)c1. The third-order valence-electron chi connectivity index (χ3n) is 3.51. The van der Waals surface area contributed by atoms with Crippen LogP contribution >= 0.6 is 0 Å². The Hall–Kier alpha value is -1.71. The normalized spacial score (nSPS) is 12.7. The highest BCUT2D eigenvalue weighted by Crippen LogP contribution is 2.26. The average molecular weight is 269 g/mol. The summed E-state index contributed by atoms with van der Waals surface area (Å²) < 4.78 is 0. The summed E-state index contributed by atoms with van der Waals surface area (Å²) in [6, 6.07) is 11.1. The number of nitrogens with zero attached hydrogens (tertiary/aromatic N) is 2. The molecule has 1 aromatic heterocycles. The number of hydrogen-bond acceptors (Lipinski definition) is 3. The van der Waals surface area contributed by atoms with Crippen molar-refractivity contribution in [2.75, 3.05) is 21.1 Å². The second kappa shape index (κ2) is 6.64. The van der Waals surface area contributed by atoms with Gasteiger partial charge in [0.05, 0.1) is 0 Å². The van der Waals surface area contributed by atoms with Crippen LogP contribution in [0.15, 0.2) is 42.7 Å². The monoisotopic (exact) mass is 269 g/mol. The van der Waals surface area contributed by atoms with E-state index in [0.29, 0.717) is 6.04 Å². The van der Waals surface area contributed by atoms with Gasteiger partial charge in [0.2, 0.25) is 0 Å². The third kappa shape index (κ3) is 3.44. The first-order valence-corrected chi connectivity index (χ1v) is 6.97. The zero-order chi connectivity index (χ0) is 14.5. The van der Waals surface area contributed by atoms with E-state index in [1.807, 2.05) is 19.4 Å². The summed E-state index contributed by atoms with van der Waals surface area (Å²) in [5.74, 6) is 0. The van der Waals surface area contributed by atoms with Crippen LogP contribution in [0.5, 0.6) is 0 Å². The maximum absolute atomic E-state index is 4.40. The first-order valence-electron chi connectivity index (χ1n) is 6.97. The zero-order valence-corrected chi connectivity index (χ0v) is 12.7. The molecule has 106 valence electrons. The molecule has 1 N–H and O–H groups in total. The number of nitrogens with one attached hydrogen (secondary N) is 1. The van der Waals surface area contributed by atoms with Crippen molar-refractivity contribution in [1.29, 1.82) is 0 Å². The van der Waals surface area contributed by atoms with Crippen molar-refractivity contribution in [1.82, 2.24) is 15.2 Å². The van der Waals surface area contributed by atoms with Crippen molar-refractivity contribution in [3.63, 3.8) is 0 Å². The zero-order valence-electron chi connectivity index (χ0n) is 12.7. The minimum Gasteiger partial charge on any atom is -0.313 e. The Morgan fingerprint density at radius 1 is 1.20 bits per heavy atom. The molecule has 0 saturated carbocycles. The lowest BCUT2D eigenvalue weighted by atomic mass is 9.98. The number of rotatable bonds is 5. The van der Waals surface area contributed by atoms with Gasteiger partial charge < -0.3 is 10.2 Å². The predicted molar refractivity (Wildman–Crippen MR) is 84.5 cm³/mol. The van der Waals surface area contributed by atoms with Crippen molar-refractivity contribution in [3.05, 3.63) is 53.9 Å². The van der Waals surface area contributed by atoms with Crippen LogP contribution < -0.4 is 5.32 Å². The lowest BCUT2D eigenvalue weighted by Gasteiger charge is -2.16. The highest BCUT2D eigenvalue weighted by Gasteiger charge is 2.09. The summed E-state index contributed by atoms with van der Waals surface area (Å²) in [6.07, 6.45) is 3.87. The number of hydrogen-bond donors (Lipinski definition) is 1. The van der Waals surface area contributed by atoms with E-state index in [1.165, 1.54) is 22.3 Å². The second-order valence-electron chi connectivity index (χ2n) is 5.41. The van der Waals surface area contributed by atoms with Crippen molar-refractivity contribution >= 4 is 0 Å². The molecule has 1 unspecified atom stereocenters. The standard InChI is InChI=1S/C17H23N3/c1-13(18-2)15-9-16(11-19-10-15)17-8-6-5-7-14(17)12-20(3)4/h5-11,13,18H,12H2,1-4H3.